The molecule has 0 aromatic carbocycles. The number of halogens is 3. The molecule has 0 spiro atoms. The molecule has 1 amide bonds. The Labute approximate surface area is 102 Å². The zero-order chi connectivity index (χ0) is 14.2. The molecule has 0 heterocycles. The van der Waals surface area contributed by atoms with Gasteiger partial charge in [0.05, 0.1) is 12.5 Å². The van der Waals surface area contributed by atoms with Crippen LogP contribution in [0.1, 0.15) is 19.8 Å². The van der Waals surface area contributed by atoms with Crippen molar-refractivity contribution in [3.63, 3.8) is 0 Å². The van der Waals surface area contributed by atoms with Crippen molar-refractivity contribution in [1.82, 2.24) is 5.32 Å². The van der Waals surface area contributed by atoms with E-state index < -0.39 is 30.6 Å². The van der Waals surface area contributed by atoms with Crippen molar-refractivity contribution in [1.29, 1.82) is 0 Å². The molecule has 0 aliphatic rings. The number of carbonyl (C=O) groups excluding carboxylic acids is 1. The van der Waals surface area contributed by atoms with Gasteiger partial charge in [-0.05, 0) is 6.42 Å². The van der Waals surface area contributed by atoms with Gasteiger partial charge >= 0.3 is 12.1 Å². The molecule has 0 saturated carbocycles. The average molecular weight is 271 g/mol. The lowest BCUT2D eigenvalue weighted by Gasteiger charge is -2.11. The lowest BCUT2D eigenvalue weighted by molar-refractivity contribution is -0.174. The van der Waals surface area contributed by atoms with E-state index >= 15 is 0 Å². The van der Waals surface area contributed by atoms with Gasteiger partial charge in [-0.3, -0.25) is 9.59 Å². The minimum Gasteiger partial charge on any atom is -0.481 e. The SMILES string of the molecule is CCC(CNC(=O)CCOCC(F)(F)F)C(=O)O. The summed E-state index contributed by atoms with van der Waals surface area (Å²) < 4.78 is 39.3. The molecule has 2 N–H and O–H groups in total. The summed E-state index contributed by atoms with van der Waals surface area (Å²) in [4.78, 5) is 21.8. The van der Waals surface area contributed by atoms with Gasteiger partial charge in [-0.25, -0.2) is 0 Å². The molecule has 0 fully saturated rings. The molecule has 0 bridgehead atoms. The summed E-state index contributed by atoms with van der Waals surface area (Å²) in [6.07, 6.45) is -4.28. The Kier molecular flexibility index (Phi) is 7.33. The molecule has 0 saturated heterocycles. The van der Waals surface area contributed by atoms with Gasteiger partial charge in [0, 0.05) is 13.0 Å². The predicted octanol–water partition coefficient (Wildman–Crippen LogP) is 1.18. The number of ether oxygens (including phenoxy) is 1. The number of hydrogen-bond acceptors (Lipinski definition) is 3. The third-order valence-electron chi connectivity index (χ3n) is 2.13. The summed E-state index contributed by atoms with van der Waals surface area (Å²) in [7, 11) is 0. The molecule has 1 atom stereocenters. The van der Waals surface area contributed by atoms with Gasteiger partial charge in [-0.1, -0.05) is 6.92 Å². The third kappa shape index (κ3) is 8.80. The van der Waals surface area contributed by atoms with Gasteiger partial charge in [-0.2, -0.15) is 13.2 Å². The van der Waals surface area contributed by atoms with E-state index in [2.05, 4.69) is 10.1 Å². The van der Waals surface area contributed by atoms with Gasteiger partial charge in [0.15, 0.2) is 0 Å². The molecule has 1 unspecified atom stereocenters. The van der Waals surface area contributed by atoms with Crippen LogP contribution < -0.4 is 5.32 Å². The van der Waals surface area contributed by atoms with E-state index in [0.717, 1.165) is 0 Å². The van der Waals surface area contributed by atoms with Crippen molar-refractivity contribution in [2.45, 2.75) is 25.9 Å². The van der Waals surface area contributed by atoms with E-state index in [1.165, 1.54) is 0 Å². The first-order valence-electron chi connectivity index (χ1n) is 5.40. The number of carboxylic acids is 1. The molecular formula is C10H16F3NO4. The molecule has 0 aliphatic heterocycles. The highest BCUT2D eigenvalue weighted by Crippen LogP contribution is 2.14. The third-order valence-corrected chi connectivity index (χ3v) is 2.13. The van der Waals surface area contributed by atoms with Crippen LogP contribution >= 0.6 is 0 Å². The first-order chi connectivity index (χ1) is 8.26. The molecule has 106 valence electrons. The Morgan fingerprint density at radius 1 is 1.39 bits per heavy atom. The maximum Gasteiger partial charge on any atom is 0.411 e. The molecule has 0 radical (unpaired) electrons. The van der Waals surface area contributed by atoms with Crippen molar-refractivity contribution in [2.24, 2.45) is 5.92 Å². The number of alkyl halides is 3. The maximum absolute atomic E-state index is 11.7. The molecule has 0 aromatic heterocycles. The van der Waals surface area contributed by atoms with Crippen LogP contribution in [0, 0.1) is 5.92 Å². The van der Waals surface area contributed by atoms with Crippen LogP contribution in [0.4, 0.5) is 13.2 Å². The summed E-state index contributed by atoms with van der Waals surface area (Å²) in [5.74, 6) is -2.24. The Hall–Kier alpha value is -1.31. The monoisotopic (exact) mass is 271 g/mol. The van der Waals surface area contributed by atoms with Gasteiger partial charge in [0.1, 0.15) is 6.61 Å². The van der Waals surface area contributed by atoms with E-state index in [0.29, 0.717) is 6.42 Å². The van der Waals surface area contributed by atoms with Crippen LogP contribution in [0.15, 0.2) is 0 Å². The fourth-order valence-electron chi connectivity index (χ4n) is 1.08. The first-order valence-corrected chi connectivity index (χ1v) is 5.40. The van der Waals surface area contributed by atoms with Crippen LogP contribution in [0.3, 0.4) is 0 Å². The molecule has 5 nitrogen and oxygen atoms in total. The number of amides is 1. The van der Waals surface area contributed by atoms with E-state index in [1.54, 1.807) is 6.92 Å². The topological polar surface area (TPSA) is 75.6 Å². The van der Waals surface area contributed by atoms with Crippen LogP contribution in [0.5, 0.6) is 0 Å². The van der Waals surface area contributed by atoms with Gasteiger partial charge < -0.3 is 15.2 Å². The number of aliphatic carboxylic acids is 1. The van der Waals surface area contributed by atoms with Crippen molar-refractivity contribution in [3.8, 4) is 0 Å². The minimum absolute atomic E-state index is 0.0378. The van der Waals surface area contributed by atoms with Gasteiger partial charge in [0.2, 0.25) is 5.91 Å². The molecule has 0 aromatic rings. The summed E-state index contributed by atoms with van der Waals surface area (Å²) >= 11 is 0. The summed E-state index contributed by atoms with van der Waals surface area (Å²) in [6, 6.07) is 0. The quantitative estimate of drug-likeness (QED) is 0.650. The van der Waals surface area contributed by atoms with Crippen molar-refractivity contribution >= 4 is 11.9 Å². The second-order valence-corrected chi connectivity index (χ2v) is 3.67. The fraction of sp³-hybridized carbons (Fsp3) is 0.800. The van der Waals surface area contributed by atoms with E-state index in [9.17, 15) is 22.8 Å². The van der Waals surface area contributed by atoms with Crippen LogP contribution in [-0.4, -0.2) is 42.9 Å². The van der Waals surface area contributed by atoms with Crippen molar-refractivity contribution in [2.75, 3.05) is 19.8 Å². The number of hydrogen-bond donors (Lipinski definition) is 2. The van der Waals surface area contributed by atoms with Crippen LogP contribution in [0.2, 0.25) is 0 Å². The average Bonchev–Trinajstić information content (AvgIpc) is 2.23. The van der Waals surface area contributed by atoms with Crippen LogP contribution in [-0.2, 0) is 14.3 Å². The van der Waals surface area contributed by atoms with Gasteiger partial charge in [-0.15, -0.1) is 0 Å². The predicted molar refractivity (Wildman–Crippen MR) is 55.9 cm³/mol. The van der Waals surface area contributed by atoms with Crippen LogP contribution in [0.25, 0.3) is 0 Å². The first kappa shape index (κ1) is 16.7. The Bertz CT molecular complexity index is 281. The molecule has 8 heteroatoms. The second kappa shape index (κ2) is 7.91. The number of rotatable bonds is 8. The largest absolute Gasteiger partial charge is 0.481 e. The highest BCUT2D eigenvalue weighted by Gasteiger charge is 2.27. The minimum atomic E-state index is -4.41. The van der Waals surface area contributed by atoms with E-state index in [-0.39, 0.29) is 19.6 Å². The standard InChI is InChI=1S/C10H16F3NO4/c1-2-7(9(16)17)5-14-8(15)3-4-18-6-10(11,12)13/h7H,2-6H2,1H3,(H,14,15)(H,16,17). The highest BCUT2D eigenvalue weighted by molar-refractivity contribution is 5.77. The van der Waals surface area contributed by atoms with E-state index in [4.69, 9.17) is 5.11 Å². The Morgan fingerprint density at radius 3 is 2.44 bits per heavy atom. The maximum atomic E-state index is 11.7. The van der Waals surface area contributed by atoms with Gasteiger partial charge in [0.25, 0.3) is 0 Å². The summed E-state index contributed by atoms with van der Waals surface area (Å²) in [5.41, 5.74) is 0. The highest BCUT2D eigenvalue weighted by atomic mass is 19.4. The lowest BCUT2D eigenvalue weighted by Crippen LogP contribution is -2.33. The summed E-state index contributed by atoms with van der Waals surface area (Å²) in [6.45, 7) is -0.122. The number of nitrogens with one attached hydrogen (secondary N) is 1. The number of carboxylic acid groups (broad SMARTS) is 1. The molecular weight excluding hydrogens is 255 g/mol. The van der Waals surface area contributed by atoms with E-state index in [1.807, 2.05) is 0 Å². The second-order valence-electron chi connectivity index (χ2n) is 3.67. The zero-order valence-corrected chi connectivity index (χ0v) is 9.92. The summed E-state index contributed by atoms with van der Waals surface area (Å²) in [5, 5.41) is 11.0. The normalized spacial score (nSPS) is 13.1. The lowest BCUT2D eigenvalue weighted by atomic mass is 10.1. The molecule has 0 rings (SSSR count). The Morgan fingerprint density at radius 2 is 2.00 bits per heavy atom. The molecule has 0 aliphatic carbocycles. The van der Waals surface area contributed by atoms with Crippen molar-refractivity contribution in [3.05, 3.63) is 0 Å². The smallest absolute Gasteiger partial charge is 0.411 e. The zero-order valence-electron chi connectivity index (χ0n) is 9.92. The Balaban J connectivity index is 3.69. The van der Waals surface area contributed by atoms with Crippen molar-refractivity contribution < 1.29 is 32.6 Å². The number of carbonyl (C=O) groups is 2. The fourth-order valence-corrected chi connectivity index (χ4v) is 1.08. The molecule has 18 heavy (non-hydrogen) atoms.